The predicted molar refractivity (Wildman–Crippen MR) is 111 cm³/mol. The Kier molecular flexibility index (Phi) is 5.37. The summed E-state index contributed by atoms with van der Waals surface area (Å²) in [5.41, 5.74) is -1.15. The SMILES string of the molecule is Cn1cc(-c2cccc(C(=O)Nc3cc(N4CCC(C)(O)C4)cnc3C(F)(F)F)n2)cn1. The molecule has 0 aromatic carbocycles. The highest BCUT2D eigenvalue weighted by atomic mass is 19.4. The number of hydrogen-bond acceptors (Lipinski definition) is 6. The minimum Gasteiger partial charge on any atom is -0.388 e. The molecule has 0 radical (unpaired) electrons. The summed E-state index contributed by atoms with van der Waals surface area (Å²) in [5, 5.41) is 16.5. The standard InChI is InChI=1S/C21H21F3N6O2/c1-20(32)6-7-30(12-20)14-8-17(18(25-10-14)21(22,23)24)28-19(31)16-5-3-4-15(27-16)13-9-26-29(2)11-13/h3-5,8-11,32H,6-7,12H2,1-2H3,(H,28,31). The first kappa shape index (κ1) is 21.8. The molecule has 1 amide bonds. The average molecular weight is 446 g/mol. The molecular weight excluding hydrogens is 425 g/mol. The maximum Gasteiger partial charge on any atom is 0.435 e. The van der Waals surface area contributed by atoms with Crippen LogP contribution < -0.4 is 10.2 Å². The van der Waals surface area contributed by atoms with E-state index in [1.54, 1.807) is 48.1 Å². The molecule has 0 aliphatic carbocycles. The summed E-state index contributed by atoms with van der Waals surface area (Å²) >= 11 is 0. The summed E-state index contributed by atoms with van der Waals surface area (Å²) in [6, 6.07) is 5.91. The average Bonchev–Trinajstić information content (AvgIpc) is 3.32. The van der Waals surface area contributed by atoms with Crippen molar-refractivity contribution in [1.82, 2.24) is 19.7 Å². The van der Waals surface area contributed by atoms with Crippen LogP contribution in [-0.2, 0) is 13.2 Å². The van der Waals surface area contributed by atoms with Gasteiger partial charge in [0.05, 0.1) is 35.1 Å². The van der Waals surface area contributed by atoms with Crippen molar-refractivity contribution < 1.29 is 23.1 Å². The van der Waals surface area contributed by atoms with Gasteiger partial charge in [-0.25, -0.2) is 9.97 Å². The first-order valence-corrected chi connectivity index (χ1v) is 9.84. The zero-order valence-corrected chi connectivity index (χ0v) is 17.4. The highest BCUT2D eigenvalue weighted by Crippen LogP contribution is 2.36. The minimum atomic E-state index is -4.76. The second kappa shape index (κ2) is 7.90. The summed E-state index contributed by atoms with van der Waals surface area (Å²) < 4.78 is 42.2. The van der Waals surface area contributed by atoms with E-state index in [1.165, 1.54) is 12.1 Å². The Morgan fingerprint density at radius 2 is 2.06 bits per heavy atom. The number of pyridine rings is 2. The number of aliphatic hydroxyl groups is 1. The molecular formula is C21H21F3N6O2. The molecule has 8 nitrogen and oxygen atoms in total. The molecule has 1 atom stereocenters. The second-order valence-electron chi connectivity index (χ2n) is 8.02. The van der Waals surface area contributed by atoms with Gasteiger partial charge in [-0.3, -0.25) is 9.48 Å². The molecule has 1 saturated heterocycles. The molecule has 0 bridgehead atoms. The van der Waals surface area contributed by atoms with Gasteiger partial charge < -0.3 is 15.3 Å². The summed E-state index contributed by atoms with van der Waals surface area (Å²) in [6.45, 7) is 2.37. The van der Waals surface area contributed by atoms with Crippen molar-refractivity contribution in [2.45, 2.75) is 25.1 Å². The summed E-state index contributed by atoms with van der Waals surface area (Å²) in [5.74, 6) is -0.798. The first-order chi connectivity index (χ1) is 15.0. The molecule has 3 aromatic heterocycles. The third-order valence-electron chi connectivity index (χ3n) is 5.19. The van der Waals surface area contributed by atoms with Crippen LogP contribution >= 0.6 is 0 Å². The Balaban J connectivity index is 1.64. The number of aromatic nitrogens is 4. The first-order valence-electron chi connectivity index (χ1n) is 9.84. The lowest BCUT2D eigenvalue weighted by molar-refractivity contribution is -0.140. The molecule has 0 spiro atoms. The van der Waals surface area contributed by atoms with E-state index in [-0.39, 0.29) is 12.2 Å². The molecule has 32 heavy (non-hydrogen) atoms. The zero-order valence-electron chi connectivity index (χ0n) is 17.4. The van der Waals surface area contributed by atoms with Gasteiger partial charge in [-0.05, 0) is 31.5 Å². The van der Waals surface area contributed by atoms with Crippen LogP contribution in [0.5, 0.6) is 0 Å². The Bertz CT molecular complexity index is 1160. The minimum absolute atomic E-state index is 0.0472. The topological polar surface area (TPSA) is 96.2 Å². The van der Waals surface area contributed by atoms with Crippen LogP contribution in [0.3, 0.4) is 0 Å². The van der Waals surface area contributed by atoms with Crippen molar-refractivity contribution in [2.75, 3.05) is 23.3 Å². The number of amides is 1. The Labute approximate surface area is 181 Å². The smallest absolute Gasteiger partial charge is 0.388 e. The molecule has 3 aromatic rings. The van der Waals surface area contributed by atoms with E-state index in [4.69, 9.17) is 0 Å². The van der Waals surface area contributed by atoms with E-state index in [0.717, 1.165) is 6.20 Å². The van der Waals surface area contributed by atoms with Gasteiger partial charge in [-0.2, -0.15) is 18.3 Å². The fourth-order valence-corrected chi connectivity index (χ4v) is 3.58. The number of β-amino-alcohol motifs (C(OH)–C–C–N with tert-alkyl or cyclic N) is 1. The van der Waals surface area contributed by atoms with Crippen molar-refractivity contribution >= 4 is 17.3 Å². The van der Waals surface area contributed by atoms with Gasteiger partial charge in [-0.15, -0.1) is 0 Å². The van der Waals surface area contributed by atoms with Crippen molar-refractivity contribution in [3.8, 4) is 11.3 Å². The van der Waals surface area contributed by atoms with Crippen molar-refractivity contribution in [3.05, 3.63) is 54.2 Å². The Morgan fingerprint density at radius 1 is 1.28 bits per heavy atom. The molecule has 4 heterocycles. The van der Waals surface area contributed by atoms with Crippen LogP contribution in [0.2, 0.25) is 0 Å². The lowest BCUT2D eigenvalue weighted by atomic mass is 10.1. The number of rotatable bonds is 4. The predicted octanol–water partition coefficient (Wildman–Crippen LogP) is 3.11. The van der Waals surface area contributed by atoms with E-state index in [1.807, 2.05) is 0 Å². The molecule has 4 rings (SSSR count). The van der Waals surface area contributed by atoms with Gasteiger partial charge in [0, 0.05) is 31.9 Å². The Hall–Kier alpha value is -3.47. The number of alkyl halides is 3. The van der Waals surface area contributed by atoms with E-state index < -0.39 is 29.1 Å². The van der Waals surface area contributed by atoms with Crippen molar-refractivity contribution in [2.24, 2.45) is 7.05 Å². The van der Waals surface area contributed by atoms with E-state index >= 15 is 0 Å². The van der Waals surface area contributed by atoms with Gasteiger partial charge in [0.2, 0.25) is 0 Å². The van der Waals surface area contributed by atoms with Crippen LogP contribution in [0.15, 0.2) is 42.9 Å². The normalized spacial score (nSPS) is 18.8. The maximum absolute atomic E-state index is 13.5. The van der Waals surface area contributed by atoms with Gasteiger partial charge in [-0.1, -0.05) is 6.07 Å². The molecule has 1 aliphatic rings. The van der Waals surface area contributed by atoms with Crippen LogP contribution in [-0.4, -0.2) is 49.5 Å². The van der Waals surface area contributed by atoms with Gasteiger partial charge in [0.1, 0.15) is 5.69 Å². The number of aryl methyl sites for hydroxylation is 1. The van der Waals surface area contributed by atoms with Crippen LogP contribution in [0.25, 0.3) is 11.3 Å². The molecule has 1 unspecified atom stereocenters. The van der Waals surface area contributed by atoms with Gasteiger partial charge in [0.25, 0.3) is 5.91 Å². The summed E-state index contributed by atoms with van der Waals surface area (Å²) in [7, 11) is 1.73. The lowest BCUT2D eigenvalue weighted by Gasteiger charge is -2.22. The number of nitrogens with one attached hydrogen (secondary N) is 1. The molecule has 11 heteroatoms. The maximum atomic E-state index is 13.5. The van der Waals surface area contributed by atoms with E-state index in [2.05, 4.69) is 20.4 Å². The highest BCUT2D eigenvalue weighted by Gasteiger charge is 2.37. The largest absolute Gasteiger partial charge is 0.435 e. The van der Waals surface area contributed by atoms with E-state index in [0.29, 0.717) is 29.9 Å². The summed E-state index contributed by atoms with van der Waals surface area (Å²) in [4.78, 5) is 22.3. The monoisotopic (exact) mass is 446 g/mol. The highest BCUT2D eigenvalue weighted by molar-refractivity contribution is 6.03. The number of halogens is 3. The fraction of sp³-hybridized carbons (Fsp3) is 0.333. The molecule has 1 fully saturated rings. The number of carbonyl (C=O) groups is 1. The van der Waals surface area contributed by atoms with Crippen LogP contribution in [0.1, 0.15) is 29.5 Å². The molecule has 168 valence electrons. The van der Waals surface area contributed by atoms with Crippen LogP contribution in [0, 0.1) is 0 Å². The zero-order chi connectivity index (χ0) is 23.1. The fourth-order valence-electron chi connectivity index (χ4n) is 3.58. The number of nitrogens with zero attached hydrogens (tertiary/aromatic N) is 5. The lowest BCUT2D eigenvalue weighted by Crippen LogP contribution is -2.30. The molecule has 1 aliphatic heterocycles. The second-order valence-corrected chi connectivity index (χ2v) is 8.02. The Morgan fingerprint density at radius 3 is 2.69 bits per heavy atom. The quantitative estimate of drug-likeness (QED) is 0.640. The molecule has 0 saturated carbocycles. The van der Waals surface area contributed by atoms with Crippen LogP contribution in [0.4, 0.5) is 24.5 Å². The third kappa shape index (κ3) is 4.57. The van der Waals surface area contributed by atoms with Gasteiger partial charge >= 0.3 is 6.18 Å². The van der Waals surface area contributed by atoms with E-state index in [9.17, 15) is 23.1 Å². The van der Waals surface area contributed by atoms with Crippen molar-refractivity contribution in [1.29, 1.82) is 0 Å². The summed E-state index contributed by atoms with van der Waals surface area (Å²) in [6.07, 6.45) is 0.0961. The van der Waals surface area contributed by atoms with Crippen molar-refractivity contribution in [3.63, 3.8) is 0 Å². The van der Waals surface area contributed by atoms with Gasteiger partial charge in [0.15, 0.2) is 5.69 Å². The third-order valence-corrected chi connectivity index (χ3v) is 5.19. The number of carbonyl (C=O) groups excluding carboxylic acids is 1. The molecule has 2 N–H and O–H groups in total. The number of hydrogen-bond donors (Lipinski definition) is 2. The number of anilines is 2.